The third-order valence-corrected chi connectivity index (χ3v) is 4.30. The van der Waals surface area contributed by atoms with Crippen LogP contribution < -0.4 is 20.3 Å². The van der Waals surface area contributed by atoms with Crippen LogP contribution in [-0.2, 0) is 17.9 Å². The van der Waals surface area contributed by atoms with E-state index in [-0.39, 0.29) is 18.1 Å². The fourth-order valence-corrected chi connectivity index (χ4v) is 2.89. The molecular weight excluding hydrogens is 344 g/mol. The van der Waals surface area contributed by atoms with Crippen LogP contribution in [0.25, 0.3) is 10.9 Å². The number of amides is 1. The van der Waals surface area contributed by atoms with Crippen molar-refractivity contribution in [3.63, 3.8) is 0 Å². The van der Waals surface area contributed by atoms with Gasteiger partial charge in [0.1, 0.15) is 11.5 Å². The SMILES string of the molecule is CCn1c(=O)cc(OCC(=O)NCc2ccc(OC)cc2)c2ccccc21. The molecule has 6 heteroatoms. The van der Waals surface area contributed by atoms with Gasteiger partial charge in [0.15, 0.2) is 6.61 Å². The van der Waals surface area contributed by atoms with Gasteiger partial charge in [0, 0.05) is 24.5 Å². The molecule has 1 aromatic heterocycles. The van der Waals surface area contributed by atoms with Crippen LogP contribution in [0.5, 0.6) is 11.5 Å². The van der Waals surface area contributed by atoms with E-state index in [1.54, 1.807) is 11.7 Å². The molecule has 0 aliphatic rings. The zero-order valence-corrected chi connectivity index (χ0v) is 15.4. The number of para-hydroxylation sites is 1. The smallest absolute Gasteiger partial charge is 0.258 e. The fourth-order valence-electron chi connectivity index (χ4n) is 2.89. The van der Waals surface area contributed by atoms with Gasteiger partial charge >= 0.3 is 0 Å². The second-order valence-corrected chi connectivity index (χ2v) is 6.02. The molecule has 0 saturated carbocycles. The molecule has 0 aliphatic carbocycles. The number of nitrogens with zero attached hydrogens (tertiary/aromatic N) is 1. The van der Waals surface area contributed by atoms with Crippen molar-refractivity contribution in [1.29, 1.82) is 0 Å². The first kappa shape index (κ1) is 18.5. The monoisotopic (exact) mass is 366 g/mol. The van der Waals surface area contributed by atoms with E-state index < -0.39 is 0 Å². The number of benzene rings is 2. The summed E-state index contributed by atoms with van der Waals surface area (Å²) in [7, 11) is 1.61. The van der Waals surface area contributed by atoms with Crippen LogP contribution in [0.4, 0.5) is 0 Å². The van der Waals surface area contributed by atoms with E-state index in [2.05, 4.69) is 5.32 Å². The van der Waals surface area contributed by atoms with Crippen LogP contribution in [0.1, 0.15) is 12.5 Å². The summed E-state index contributed by atoms with van der Waals surface area (Å²) in [4.78, 5) is 24.4. The van der Waals surface area contributed by atoms with Crippen molar-refractivity contribution in [1.82, 2.24) is 9.88 Å². The highest BCUT2D eigenvalue weighted by Crippen LogP contribution is 2.23. The van der Waals surface area contributed by atoms with E-state index in [1.807, 2.05) is 55.5 Å². The maximum atomic E-state index is 12.3. The molecule has 140 valence electrons. The zero-order chi connectivity index (χ0) is 19.2. The highest BCUT2D eigenvalue weighted by atomic mass is 16.5. The van der Waals surface area contributed by atoms with Gasteiger partial charge < -0.3 is 19.4 Å². The van der Waals surface area contributed by atoms with E-state index in [0.717, 1.165) is 22.2 Å². The maximum Gasteiger partial charge on any atom is 0.258 e. The van der Waals surface area contributed by atoms with Gasteiger partial charge in [-0.2, -0.15) is 0 Å². The van der Waals surface area contributed by atoms with Crippen LogP contribution in [0.2, 0.25) is 0 Å². The Morgan fingerprint density at radius 1 is 1.11 bits per heavy atom. The number of pyridine rings is 1. The lowest BCUT2D eigenvalue weighted by Gasteiger charge is -2.13. The number of nitrogens with one attached hydrogen (secondary N) is 1. The van der Waals surface area contributed by atoms with Crippen LogP contribution in [0.15, 0.2) is 59.4 Å². The van der Waals surface area contributed by atoms with Crippen LogP contribution >= 0.6 is 0 Å². The van der Waals surface area contributed by atoms with Gasteiger partial charge in [-0.25, -0.2) is 0 Å². The lowest BCUT2D eigenvalue weighted by Crippen LogP contribution is -2.29. The summed E-state index contributed by atoms with van der Waals surface area (Å²) >= 11 is 0. The van der Waals surface area contributed by atoms with Crippen LogP contribution in [0.3, 0.4) is 0 Å². The molecule has 0 saturated heterocycles. The normalized spacial score (nSPS) is 10.6. The molecule has 0 radical (unpaired) electrons. The predicted molar refractivity (Wildman–Crippen MR) is 104 cm³/mol. The maximum absolute atomic E-state index is 12.3. The van der Waals surface area contributed by atoms with Crippen molar-refractivity contribution in [3.05, 3.63) is 70.5 Å². The third kappa shape index (κ3) is 4.28. The number of fused-ring (bicyclic) bond motifs is 1. The summed E-state index contributed by atoms with van der Waals surface area (Å²) in [5, 5.41) is 3.61. The topological polar surface area (TPSA) is 69.6 Å². The second-order valence-electron chi connectivity index (χ2n) is 6.02. The first-order valence-electron chi connectivity index (χ1n) is 8.77. The highest BCUT2D eigenvalue weighted by molar-refractivity contribution is 5.86. The van der Waals surface area contributed by atoms with Crippen molar-refractivity contribution in [2.24, 2.45) is 0 Å². The standard InChI is InChI=1S/C21H22N2O4/c1-3-23-18-7-5-4-6-17(18)19(12-21(23)25)27-14-20(24)22-13-15-8-10-16(26-2)11-9-15/h4-12H,3,13-14H2,1-2H3,(H,22,24). The predicted octanol–water partition coefficient (Wildman–Crippen LogP) is 2.73. The molecule has 0 aliphatic heterocycles. The molecule has 6 nitrogen and oxygen atoms in total. The molecule has 1 amide bonds. The second kappa shape index (κ2) is 8.40. The summed E-state index contributed by atoms with van der Waals surface area (Å²) in [5.41, 5.74) is 1.60. The molecule has 1 heterocycles. The van der Waals surface area contributed by atoms with Crippen molar-refractivity contribution in [3.8, 4) is 11.5 Å². The number of carbonyl (C=O) groups is 1. The van der Waals surface area contributed by atoms with Crippen molar-refractivity contribution >= 4 is 16.8 Å². The Balaban J connectivity index is 1.65. The number of hydrogen-bond acceptors (Lipinski definition) is 4. The largest absolute Gasteiger partial charge is 0.497 e. The number of methoxy groups -OCH3 is 1. The molecule has 3 rings (SSSR count). The number of carbonyl (C=O) groups excluding carboxylic acids is 1. The van der Waals surface area contributed by atoms with E-state index in [0.29, 0.717) is 18.8 Å². The average Bonchev–Trinajstić information content (AvgIpc) is 2.71. The Bertz CT molecular complexity index is 993. The fraction of sp³-hybridized carbons (Fsp3) is 0.238. The number of aromatic nitrogens is 1. The average molecular weight is 366 g/mol. The molecule has 0 atom stereocenters. The number of aryl methyl sites for hydroxylation is 1. The Hall–Kier alpha value is -3.28. The van der Waals surface area contributed by atoms with Gasteiger partial charge in [0.2, 0.25) is 0 Å². The molecule has 3 aromatic rings. The Labute approximate surface area is 157 Å². The molecule has 2 aromatic carbocycles. The molecule has 0 fully saturated rings. The van der Waals surface area contributed by atoms with Gasteiger partial charge in [0.25, 0.3) is 11.5 Å². The summed E-state index contributed by atoms with van der Waals surface area (Å²) in [6.45, 7) is 2.73. The van der Waals surface area contributed by atoms with Crippen molar-refractivity contribution < 1.29 is 14.3 Å². The highest BCUT2D eigenvalue weighted by Gasteiger charge is 2.10. The van der Waals surface area contributed by atoms with Gasteiger partial charge in [-0.15, -0.1) is 0 Å². The van der Waals surface area contributed by atoms with Gasteiger partial charge in [-0.05, 0) is 36.8 Å². The summed E-state index contributed by atoms with van der Waals surface area (Å²) in [5.74, 6) is 0.927. The number of ether oxygens (including phenoxy) is 2. The number of rotatable bonds is 7. The lowest BCUT2D eigenvalue weighted by molar-refractivity contribution is -0.123. The first-order valence-corrected chi connectivity index (χ1v) is 8.77. The summed E-state index contributed by atoms with van der Waals surface area (Å²) < 4.78 is 12.4. The summed E-state index contributed by atoms with van der Waals surface area (Å²) in [6, 6.07) is 16.4. The van der Waals surface area contributed by atoms with E-state index >= 15 is 0 Å². The minimum atomic E-state index is -0.255. The molecular formula is C21H22N2O4. The molecule has 1 N–H and O–H groups in total. The minimum Gasteiger partial charge on any atom is -0.497 e. The van der Waals surface area contributed by atoms with E-state index in [1.165, 1.54) is 6.07 Å². The Kier molecular flexibility index (Phi) is 5.76. The summed E-state index contributed by atoms with van der Waals surface area (Å²) in [6.07, 6.45) is 0. The van der Waals surface area contributed by atoms with Crippen LogP contribution in [0, 0.1) is 0 Å². The zero-order valence-electron chi connectivity index (χ0n) is 15.4. The van der Waals surface area contributed by atoms with Crippen molar-refractivity contribution in [2.75, 3.05) is 13.7 Å². The van der Waals surface area contributed by atoms with Crippen LogP contribution in [-0.4, -0.2) is 24.2 Å². The molecule has 0 spiro atoms. The van der Waals surface area contributed by atoms with Gasteiger partial charge in [0.05, 0.1) is 12.6 Å². The lowest BCUT2D eigenvalue weighted by atomic mass is 10.2. The quantitative estimate of drug-likeness (QED) is 0.698. The van der Waals surface area contributed by atoms with Gasteiger partial charge in [-0.3, -0.25) is 9.59 Å². The van der Waals surface area contributed by atoms with Crippen molar-refractivity contribution in [2.45, 2.75) is 20.0 Å². The molecule has 0 bridgehead atoms. The first-order chi connectivity index (χ1) is 13.1. The minimum absolute atomic E-state index is 0.148. The Morgan fingerprint density at radius 3 is 2.56 bits per heavy atom. The van der Waals surface area contributed by atoms with E-state index in [4.69, 9.17) is 9.47 Å². The molecule has 0 unspecified atom stereocenters. The Morgan fingerprint density at radius 2 is 1.85 bits per heavy atom. The van der Waals surface area contributed by atoms with E-state index in [9.17, 15) is 9.59 Å². The third-order valence-electron chi connectivity index (χ3n) is 4.30. The van der Waals surface area contributed by atoms with Gasteiger partial charge in [-0.1, -0.05) is 24.3 Å². The molecule has 27 heavy (non-hydrogen) atoms. The number of hydrogen-bond donors (Lipinski definition) is 1.